The van der Waals surface area contributed by atoms with Crippen LogP contribution in [0.3, 0.4) is 0 Å². The standard InChI is InChI=1S/C12H16O7/c1-17-7-4-6(9(13)10(14)12(15)16)5-8(18-2)11(7)19-3/h4-5,9-10,13-14H,1-3H3,(H,15,16). The van der Waals surface area contributed by atoms with Crippen molar-refractivity contribution in [2.45, 2.75) is 12.2 Å². The van der Waals surface area contributed by atoms with Crippen LogP contribution in [0.15, 0.2) is 12.1 Å². The van der Waals surface area contributed by atoms with Gasteiger partial charge in [-0.15, -0.1) is 0 Å². The monoisotopic (exact) mass is 272 g/mol. The molecule has 1 aromatic carbocycles. The lowest BCUT2D eigenvalue weighted by atomic mass is 10.0. The molecule has 0 saturated heterocycles. The van der Waals surface area contributed by atoms with Crippen molar-refractivity contribution in [1.82, 2.24) is 0 Å². The number of aliphatic hydroxyl groups excluding tert-OH is 2. The topological polar surface area (TPSA) is 105 Å². The van der Waals surface area contributed by atoms with Crippen LogP contribution in [0.25, 0.3) is 0 Å². The summed E-state index contributed by atoms with van der Waals surface area (Å²) in [7, 11) is 4.20. The molecule has 106 valence electrons. The van der Waals surface area contributed by atoms with E-state index in [0.717, 1.165) is 0 Å². The first-order valence-electron chi connectivity index (χ1n) is 5.35. The van der Waals surface area contributed by atoms with E-state index in [1.54, 1.807) is 0 Å². The molecule has 1 aromatic rings. The van der Waals surface area contributed by atoms with Crippen molar-refractivity contribution in [2.75, 3.05) is 21.3 Å². The number of ether oxygens (including phenoxy) is 3. The number of carboxylic acid groups (broad SMARTS) is 1. The summed E-state index contributed by atoms with van der Waals surface area (Å²) in [5.74, 6) is -0.700. The quantitative estimate of drug-likeness (QED) is 0.678. The largest absolute Gasteiger partial charge is 0.493 e. The average molecular weight is 272 g/mol. The van der Waals surface area contributed by atoms with Crippen LogP contribution in [0.5, 0.6) is 17.2 Å². The van der Waals surface area contributed by atoms with Gasteiger partial charge in [0.1, 0.15) is 6.10 Å². The van der Waals surface area contributed by atoms with Crippen molar-refractivity contribution in [2.24, 2.45) is 0 Å². The minimum atomic E-state index is -1.94. The Kier molecular flexibility index (Phi) is 4.96. The van der Waals surface area contributed by atoms with E-state index in [-0.39, 0.29) is 17.1 Å². The van der Waals surface area contributed by atoms with Gasteiger partial charge in [0, 0.05) is 0 Å². The van der Waals surface area contributed by atoms with Gasteiger partial charge in [0.05, 0.1) is 21.3 Å². The summed E-state index contributed by atoms with van der Waals surface area (Å²) in [5, 5.41) is 27.8. The zero-order chi connectivity index (χ0) is 14.6. The summed E-state index contributed by atoms with van der Waals surface area (Å²) in [6, 6.07) is 2.75. The number of hydrogen-bond donors (Lipinski definition) is 3. The number of carboxylic acids is 1. The van der Waals surface area contributed by atoms with Crippen LogP contribution in [0.2, 0.25) is 0 Å². The molecule has 0 heterocycles. The van der Waals surface area contributed by atoms with Crippen molar-refractivity contribution in [3.8, 4) is 17.2 Å². The maximum absolute atomic E-state index is 10.6. The van der Waals surface area contributed by atoms with Crippen LogP contribution in [0, 0.1) is 0 Å². The Morgan fingerprint density at radius 1 is 1.05 bits per heavy atom. The Bertz CT molecular complexity index is 432. The van der Waals surface area contributed by atoms with E-state index in [9.17, 15) is 15.0 Å². The molecule has 0 fully saturated rings. The van der Waals surface area contributed by atoms with Gasteiger partial charge in [-0.2, -0.15) is 0 Å². The van der Waals surface area contributed by atoms with Gasteiger partial charge in [0.15, 0.2) is 17.6 Å². The van der Waals surface area contributed by atoms with Crippen LogP contribution < -0.4 is 14.2 Å². The Labute approximate surface area is 110 Å². The number of benzene rings is 1. The number of carbonyl (C=O) groups is 1. The Hall–Kier alpha value is -1.99. The summed E-state index contributed by atoms with van der Waals surface area (Å²) in [6.45, 7) is 0. The second-order valence-corrected chi connectivity index (χ2v) is 3.69. The number of rotatable bonds is 6. The van der Waals surface area contributed by atoms with E-state index in [4.69, 9.17) is 19.3 Å². The highest BCUT2D eigenvalue weighted by molar-refractivity contribution is 5.73. The van der Waals surface area contributed by atoms with E-state index < -0.39 is 18.2 Å². The predicted octanol–water partition coefficient (Wildman–Crippen LogP) is 0.191. The molecule has 0 spiro atoms. The molecule has 3 N–H and O–H groups in total. The van der Waals surface area contributed by atoms with Crippen molar-refractivity contribution in [3.63, 3.8) is 0 Å². The Morgan fingerprint density at radius 3 is 1.84 bits per heavy atom. The van der Waals surface area contributed by atoms with Crippen molar-refractivity contribution in [1.29, 1.82) is 0 Å². The normalized spacial score (nSPS) is 13.5. The third-order valence-electron chi connectivity index (χ3n) is 2.58. The van der Waals surface area contributed by atoms with Crippen LogP contribution in [-0.4, -0.2) is 48.7 Å². The maximum atomic E-state index is 10.6. The van der Waals surface area contributed by atoms with Crippen LogP contribution in [0.4, 0.5) is 0 Å². The van der Waals surface area contributed by atoms with Crippen molar-refractivity contribution >= 4 is 5.97 Å². The third-order valence-corrected chi connectivity index (χ3v) is 2.58. The molecule has 0 aliphatic rings. The van der Waals surface area contributed by atoms with E-state index >= 15 is 0 Å². The molecule has 0 bridgehead atoms. The van der Waals surface area contributed by atoms with Gasteiger partial charge in [0.25, 0.3) is 0 Å². The van der Waals surface area contributed by atoms with Crippen LogP contribution in [-0.2, 0) is 4.79 Å². The summed E-state index contributed by atoms with van der Waals surface area (Å²) in [5.41, 5.74) is 0.143. The summed E-state index contributed by atoms with van der Waals surface area (Å²) < 4.78 is 15.2. The number of aliphatic carboxylic acids is 1. The van der Waals surface area contributed by atoms with Crippen molar-refractivity contribution in [3.05, 3.63) is 17.7 Å². The molecule has 1 rings (SSSR count). The Balaban J connectivity index is 3.26. The highest BCUT2D eigenvalue weighted by Crippen LogP contribution is 2.40. The van der Waals surface area contributed by atoms with E-state index in [2.05, 4.69) is 0 Å². The zero-order valence-corrected chi connectivity index (χ0v) is 10.8. The first-order chi connectivity index (χ1) is 8.96. The van der Waals surface area contributed by atoms with Crippen LogP contribution >= 0.6 is 0 Å². The molecule has 0 radical (unpaired) electrons. The fourth-order valence-corrected chi connectivity index (χ4v) is 1.59. The third kappa shape index (κ3) is 3.07. The molecule has 0 aromatic heterocycles. The van der Waals surface area contributed by atoms with E-state index in [1.807, 2.05) is 0 Å². The first-order valence-corrected chi connectivity index (χ1v) is 5.35. The van der Waals surface area contributed by atoms with Gasteiger partial charge < -0.3 is 29.5 Å². The molecule has 0 aliphatic heterocycles. The fraction of sp³-hybridized carbons (Fsp3) is 0.417. The highest BCUT2D eigenvalue weighted by atomic mass is 16.5. The molecule has 2 unspecified atom stereocenters. The van der Waals surface area contributed by atoms with Gasteiger partial charge in [-0.05, 0) is 17.7 Å². The molecule has 19 heavy (non-hydrogen) atoms. The number of hydrogen-bond acceptors (Lipinski definition) is 6. The first kappa shape index (κ1) is 15.1. The predicted molar refractivity (Wildman–Crippen MR) is 64.7 cm³/mol. The van der Waals surface area contributed by atoms with E-state index in [1.165, 1.54) is 33.5 Å². The summed E-state index contributed by atoms with van der Waals surface area (Å²) >= 11 is 0. The zero-order valence-electron chi connectivity index (χ0n) is 10.8. The second kappa shape index (κ2) is 6.26. The van der Waals surface area contributed by atoms with Gasteiger partial charge in [0.2, 0.25) is 5.75 Å². The molecule has 7 nitrogen and oxygen atoms in total. The molecule has 0 amide bonds. The molecular weight excluding hydrogens is 256 g/mol. The molecule has 0 aliphatic carbocycles. The fourth-order valence-electron chi connectivity index (χ4n) is 1.59. The van der Waals surface area contributed by atoms with Gasteiger partial charge in [-0.25, -0.2) is 4.79 Å². The number of aliphatic hydroxyl groups is 2. The van der Waals surface area contributed by atoms with Gasteiger partial charge in [-0.3, -0.25) is 0 Å². The molecule has 0 saturated carbocycles. The lowest BCUT2D eigenvalue weighted by molar-refractivity contribution is -0.153. The maximum Gasteiger partial charge on any atom is 0.335 e. The van der Waals surface area contributed by atoms with E-state index in [0.29, 0.717) is 5.75 Å². The summed E-state index contributed by atoms with van der Waals surface area (Å²) in [4.78, 5) is 10.6. The Morgan fingerprint density at radius 2 is 1.53 bits per heavy atom. The summed E-state index contributed by atoms with van der Waals surface area (Å²) in [6.07, 6.45) is -3.55. The smallest absolute Gasteiger partial charge is 0.335 e. The van der Waals surface area contributed by atoms with Crippen molar-refractivity contribution < 1.29 is 34.3 Å². The van der Waals surface area contributed by atoms with Gasteiger partial charge in [-0.1, -0.05) is 0 Å². The van der Waals surface area contributed by atoms with Crippen LogP contribution in [0.1, 0.15) is 11.7 Å². The number of methoxy groups -OCH3 is 3. The highest BCUT2D eigenvalue weighted by Gasteiger charge is 2.27. The SMILES string of the molecule is COc1cc(C(O)C(O)C(=O)O)cc(OC)c1OC. The lowest BCUT2D eigenvalue weighted by Crippen LogP contribution is -2.27. The minimum absolute atomic E-state index is 0.143. The molecule has 7 heteroatoms. The molecule has 2 atom stereocenters. The lowest BCUT2D eigenvalue weighted by Gasteiger charge is -2.18. The second-order valence-electron chi connectivity index (χ2n) is 3.69. The average Bonchev–Trinajstić information content (AvgIpc) is 2.43. The van der Waals surface area contributed by atoms with Gasteiger partial charge >= 0.3 is 5.97 Å². The molecular formula is C12H16O7. The minimum Gasteiger partial charge on any atom is -0.493 e.